The molecular formula is C15H23N3O2. The molecule has 1 aromatic rings. The van der Waals surface area contributed by atoms with Crippen LogP contribution < -0.4 is 10.6 Å². The highest BCUT2D eigenvalue weighted by molar-refractivity contribution is 5.97. The maximum absolute atomic E-state index is 12.0. The van der Waals surface area contributed by atoms with E-state index >= 15 is 0 Å². The van der Waals surface area contributed by atoms with E-state index in [0.717, 1.165) is 44.7 Å². The summed E-state index contributed by atoms with van der Waals surface area (Å²) < 4.78 is 0. The van der Waals surface area contributed by atoms with E-state index in [4.69, 9.17) is 0 Å². The Balaban J connectivity index is 1.73. The first kappa shape index (κ1) is 14.8. The Morgan fingerprint density at radius 1 is 1.40 bits per heavy atom. The number of benzene rings is 1. The van der Waals surface area contributed by atoms with Gasteiger partial charge in [0.2, 0.25) is 0 Å². The van der Waals surface area contributed by atoms with Crippen molar-refractivity contribution in [2.24, 2.45) is 0 Å². The van der Waals surface area contributed by atoms with Crippen LogP contribution in [0.3, 0.4) is 0 Å². The minimum atomic E-state index is -0.202. The molecule has 1 fully saturated rings. The van der Waals surface area contributed by atoms with E-state index in [9.17, 15) is 9.90 Å². The lowest BCUT2D eigenvalue weighted by Gasteiger charge is -2.27. The molecule has 0 spiro atoms. The van der Waals surface area contributed by atoms with Crippen molar-refractivity contribution >= 4 is 5.91 Å². The molecule has 0 aliphatic carbocycles. The van der Waals surface area contributed by atoms with Gasteiger partial charge in [-0.25, -0.2) is 0 Å². The highest BCUT2D eigenvalue weighted by Crippen LogP contribution is 2.20. The minimum Gasteiger partial charge on any atom is -0.507 e. The van der Waals surface area contributed by atoms with Gasteiger partial charge in [0.1, 0.15) is 5.75 Å². The van der Waals surface area contributed by atoms with E-state index in [-0.39, 0.29) is 11.7 Å². The largest absolute Gasteiger partial charge is 0.507 e. The summed E-state index contributed by atoms with van der Waals surface area (Å²) in [5.74, 6) is -0.126. The molecule has 1 saturated heterocycles. The molecule has 0 atom stereocenters. The second-order valence-electron chi connectivity index (χ2n) is 5.17. The number of hydrogen-bond acceptors (Lipinski definition) is 4. The second-order valence-corrected chi connectivity index (χ2v) is 5.17. The first-order chi connectivity index (χ1) is 9.68. The Morgan fingerprint density at radius 2 is 2.15 bits per heavy atom. The molecule has 3 N–H and O–H groups in total. The number of nitrogens with zero attached hydrogens (tertiary/aromatic N) is 1. The number of aryl methyl sites for hydroxylation is 1. The van der Waals surface area contributed by atoms with Gasteiger partial charge in [-0.15, -0.1) is 0 Å². The van der Waals surface area contributed by atoms with Gasteiger partial charge in [-0.1, -0.05) is 12.1 Å². The van der Waals surface area contributed by atoms with Crippen LogP contribution >= 0.6 is 0 Å². The van der Waals surface area contributed by atoms with Gasteiger partial charge >= 0.3 is 0 Å². The molecule has 1 aromatic carbocycles. The average Bonchev–Trinajstić information content (AvgIpc) is 2.47. The van der Waals surface area contributed by atoms with Crippen LogP contribution in [0.2, 0.25) is 0 Å². The predicted molar refractivity (Wildman–Crippen MR) is 79.1 cm³/mol. The standard InChI is InChI=1S/C15H23N3O2/c1-12-4-2-5-13(14(12)19)15(20)17-6-3-9-18-10-7-16-8-11-18/h2,4-5,16,19H,3,6-11H2,1H3,(H,17,20). The van der Waals surface area contributed by atoms with Gasteiger partial charge in [-0.2, -0.15) is 0 Å². The molecular weight excluding hydrogens is 254 g/mol. The Bertz CT molecular complexity index is 456. The van der Waals surface area contributed by atoms with E-state index < -0.39 is 0 Å². The van der Waals surface area contributed by atoms with E-state index in [2.05, 4.69) is 15.5 Å². The normalized spacial score (nSPS) is 16.1. The van der Waals surface area contributed by atoms with Crippen LogP contribution in [-0.2, 0) is 0 Å². The third kappa shape index (κ3) is 3.95. The summed E-state index contributed by atoms with van der Waals surface area (Å²) in [6.07, 6.45) is 0.929. The minimum absolute atomic E-state index is 0.0760. The highest BCUT2D eigenvalue weighted by Gasteiger charge is 2.12. The molecule has 20 heavy (non-hydrogen) atoms. The van der Waals surface area contributed by atoms with Crippen molar-refractivity contribution in [2.45, 2.75) is 13.3 Å². The number of para-hydroxylation sites is 1. The number of nitrogens with one attached hydrogen (secondary N) is 2. The van der Waals surface area contributed by atoms with Crippen LogP contribution in [0, 0.1) is 6.92 Å². The molecule has 0 radical (unpaired) electrons. The molecule has 1 aliphatic heterocycles. The van der Waals surface area contributed by atoms with Gasteiger partial charge in [0.15, 0.2) is 0 Å². The van der Waals surface area contributed by atoms with Crippen LogP contribution in [0.15, 0.2) is 18.2 Å². The van der Waals surface area contributed by atoms with Crippen molar-refractivity contribution in [1.82, 2.24) is 15.5 Å². The first-order valence-corrected chi connectivity index (χ1v) is 7.18. The maximum Gasteiger partial charge on any atom is 0.255 e. The number of rotatable bonds is 5. The Kier molecular flexibility index (Phi) is 5.38. The van der Waals surface area contributed by atoms with Crippen LogP contribution in [0.5, 0.6) is 5.75 Å². The number of phenolic OH excluding ortho intramolecular Hbond substituents is 1. The summed E-state index contributed by atoms with van der Waals surface area (Å²) in [7, 11) is 0. The maximum atomic E-state index is 12.0. The number of amides is 1. The molecule has 0 aromatic heterocycles. The topological polar surface area (TPSA) is 64.6 Å². The number of carbonyl (C=O) groups is 1. The Hall–Kier alpha value is -1.59. The van der Waals surface area contributed by atoms with Crippen molar-refractivity contribution in [2.75, 3.05) is 39.3 Å². The summed E-state index contributed by atoms with van der Waals surface area (Å²) in [5.41, 5.74) is 1.07. The predicted octanol–water partition coefficient (Wildman–Crippen LogP) is 0.726. The van der Waals surface area contributed by atoms with Gasteiger partial charge in [0.25, 0.3) is 5.91 Å². The van der Waals surface area contributed by atoms with Crippen LogP contribution in [0.4, 0.5) is 0 Å². The second kappa shape index (κ2) is 7.26. The summed E-state index contributed by atoms with van der Waals surface area (Å²) in [6.45, 7) is 7.67. The van der Waals surface area contributed by atoms with Crippen molar-refractivity contribution in [3.8, 4) is 5.75 Å². The van der Waals surface area contributed by atoms with Gasteiger partial charge in [-0.3, -0.25) is 4.79 Å². The van der Waals surface area contributed by atoms with Crippen molar-refractivity contribution in [1.29, 1.82) is 0 Å². The van der Waals surface area contributed by atoms with E-state index in [1.807, 2.05) is 0 Å². The molecule has 2 rings (SSSR count). The highest BCUT2D eigenvalue weighted by atomic mass is 16.3. The summed E-state index contributed by atoms with van der Waals surface area (Å²) >= 11 is 0. The van der Waals surface area contributed by atoms with E-state index in [1.165, 1.54) is 0 Å². The third-order valence-electron chi connectivity index (χ3n) is 3.63. The lowest BCUT2D eigenvalue weighted by molar-refractivity contribution is 0.0948. The van der Waals surface area contributed by atoms with Gasteiger partial charge < -0.3 is 20.6 Å². The quantitative estimate of drug-likeness (QED) is 0.694. The Morgan fingerprint density at radius 3 is 2.90 bits per heavy atom. The fraction of sp³-hybridized carbons (Fsp3) is 0.533. The van der Waals surface area contributed by atoms with Crippen LogP contribution in [0.1, 0.15) is 22.3 Å². The van der Waals surface area contributed by atoms with Gasteiger partial charge in [0.05, 0.1) is 5.56 Å². The fourth-order valence-electron chi connectivity index (χ4n) is 2.38. The lowest BCUT2D eigenvalue weighted by atomic mass is 10.1. The molecule has 0 unspecified atom stereocenters. The molecule has 0 bridgehead atoms. The van der Waals surface area contributed by atoms with Gasteiger partial charge in [0, 0.05) is 32.7 Å². The molecule has 5 heteroatoms. The fourth-order valence-corrected chi connectivity index (χ4v) is 2.38. The number of piperazine rings is 1. The zero-order valence-electron chi connectivity index (χ0n) is 12.0. The average molecular weight is 277 g/mol. The molecule has 1 amide bonds. The smallest absolute Gasteiger partial charge is 0.255 e. The van der Waals surface area contributed by atoms with Crippen molar-refractivity contribution in [3.05, 3.63) is 29.3 Å². The Labute approximate surface area is 120 Å². The summed E-state index contributed by atoms with van der Waals surface area (Å²) in [6, 6.07) is 5.22. The monoisotopic (exact) mass is 277 g/mol. The number of hydrogen-bond donors (Lipinski definition) is 3. The van der Waals surface area contributed by atoms with E-state index in [1.54, 1.807) is 25.1 Å². The van der Waals surface area contributed by atoms with Crippen LogP contribution in [-0.4, -0.2) is 55.2 Å². The zero-order valence-corrected chi connectivity index (χ0v) is 12.0. The first-order valence-electron chi connectivity index (χ1n) is 7.18. The van der Waals surface area contributed by atoms with Crippen LogP contribution in [0.25, 0.3) is 0 Å². The third-order valence-corrected chi connectivity index (χ3v) is 3.63. The zero-order chi connectivity index (χ0) is 14.4. The number of carbonyl (C=O) groups excluding carboxylic acids is 1. The number of aromatic hydroxyl groups is 1. The van der Waals surface area contributed by atoms with E-state index in [0.29, 0.717) is 12.1 Å². The summed E-state index contributed by atoms with van der Waals surface area (Å²) in [5, 5.41) is 16.0. The molecule has 5 nitrogen and oxygen atoms in total. The molecule has 0 saturated carbocycles. The van der Waals surface area contributed by atoms with Gasteiger partial charge in [-0.05, 0) is 31.5 Å². The molecule has 110 valence electrons. The number of phenols is 1. The van der Waals surface area contributed by atoms with Crippen molar-refractivity contribution < 1.29 is 9.90 Å². The lowest BCUT2D eigenvalue weighted by Crippen LogP contribution is -2.44. The SMILES string of the molecule is Cc1cccc(C(=O)NCCCN2CCNCC2)c1O. The molecule has 1 aliphatic rings. The summed E-state index contributed by atoms with van der Waals surface area (Å²) in [4.78, 5) is 14.4. The molecule has 1 heterocycles. The van der Waals surface area contributed by atoms with Crippen molar-refractivity contribution in [3.63, 3.8) is 0 Å².